The van der Waals surface area contributed by atoms with Crippen molar-refractivity contribution in [2.75, 3.05) is 23.7 Å². The number of amides is 1. The topological polar surface area (TPSA) is 75.7 Å². The van der Waals surface area contributed by atoms with Gasteiger partial charge in [0.25, 0.3) is 0 Å². The fourth-order valence-electron chi connectivity index (χ4n) is 2.81. The largest absolute Gasteiger partial charge is 0.492 e. The summed E-state index contributed by atoms with van der Waals surface area (Å²) in [5, 5.41) is 3.01. The minimum atomic E-state index is -3.84. The lowest BCUT2D eigenvalue weighted by Gasteiger charge is -2.30. The number of anilines is 1. The number of nitrogens with zero attached hydrogens (tertiary/aromatic N) is 1. The molecule has 2 aromatic rings. The van der Waals surface area contributed by atoms with E-state index in [1.54, 1.807) is 19.1 Å². The molecule has 0 saturated carbocycles. The molecular formula is C20H23Cl2FN2O4S. The molecule has 1 amide bonds. The molecule has 0 bridgehead atoms. The molecule has 1 unspecified atom stereocenters. The van der Waals surface area contributed by atoms with Crippen molar-refractivity contribution in [1.29, 1.82) is 0 Å². The van der Waals surface area contributed by atoms with Gasteiger partial charge in [0.15, 0.2) is 0 Å². The smallest absolute Gasteiger partial charge is 0.244 e. The van der Waals surface area contributed by atoms with Crippen molar-refractivity contribution in [3.8, 4) is 5.75 Å². The second kappa shape index (κ2) is 10.3. The minimum Gasteiger partial charge on any atom is -0.492 e. The van der Waals surface area contributed by atoms with E-state index in [9.17, 15) is 17.6 Å². The summed E-state index contributed by atoms with van der Waals surface area (Å²) in [6, 6.07) is 7.73. The lowest BCUT2D eigenvalue weighted by Crippen LogP contribution is -2.50. The van der Waals surface area contributed by atoms with Gasteiger partial charge < -0.3 is 10.1 Å². The Kier molecular flexibility index (Phi) is 8.34. The third-order valence-electron chi connectivity index (χ3n) is 4.30. The fraction of sp³-hybridized carbons (Fsp3) is 0.350. The molecule has 2 aromatic carbocycles. The highest BCUT2D eigenvalue weighted by atomic mass is 35.5. The maximum absolute atomic E-state index is 13.5. The number of carbonyl (C=O) groups excluding carboxylic acids is 1. The van der Waals surface area contributed by atoms with Gasteiger partial charge >= 0.3 is 0 Å². The summed E-state index contributed by atoms with van der Waals surface area (Å²) in [5.41, 5.74) is 1.03. The van der Waals surface area contributed by atoms with Crippen LogP contribution in [0, 0.1) is 12.7 Å². The first kappa shape index (κ1) is 24.2. The molecule has 0 spiro atoms. The molecule has 164 valence electrons. The van der Waals surface area contributed by atoms with E-state index in [0.29, 0.717) is 10.8 Å². The van der Waals surface area contributed by atoms with Crippen LogP contribution in [0.5, 0.6) is 5.75 Å². The third kappa shape index (κ3) is 6.23. The van der Waals surface area contributed by atoms with Crippen molar-refractivity contribution in [3.63, 3.8) is 0 Å². The molecule has 0 aromatic heterocycles. The van der Waals surface area contributed by atoms with Crippen LogP contribution >= 0.6 is 23.2 Å². The first-order chi connectivity index (χ1) is 14.0. The van der Waals surface area contributed by atoms with Crippen LogP contribution in [0.3, 0.4) is 0 Å². The molecule has 0 aliphatic rings. The van der Waals surface area contributed by atoms with E-state index in [4.69, 9.17) is 27.9 Å². The van der Waals surface area contributed by atoms with Gasteiger partial charge in [-0.15, -0.1) is 0 Å². The van der Waals surface area contributed by atoms with Crippen LogP contribution in [0.1, 0.15) is 18.9 Å². The maximum atomic E-state index is 13.5. The fourth-order valence-corrected chi connectivity index (χ4v) is 4.36. The summed E-state index contributed by atoms with van der Waals surface area (Å²) >= 11 is 11.8. The zero-order chi connectivity index (χ0) is 22.5. The monoisotopic (exact) mass is 476 g/mol. The van der Waals surface area contributed by atoms with Crippen molar-refractivity contribution in [2.24, 2.45) is 0 Å². The Balaban J connectivity index is 2.07. The predicted molar refractivity (Wildman–Crippen MR) is 118 cm³/mol. The Morgan fingerprint density at radius 2 is 1.90 bits per heavy atom. The molecule has 0 aliphatic heterocycles. The number of halogens is 3. The van der Waals surface area contributed by atoms with Gasteiger partial charge in [-0.1, -0.05) is 36.2 Å². The normalized spacial score (nSPS) is 12.3. The van der Waals surface area contributed by atoms with E-state index < -0.39 is 27.8 Å². The number of rotatable bonds is 9. The molecule has 0 aliphatic carbocycles. The highest BCUT2D eigenvalue weighted by Gasteiger charge is 2.31. The van der Waals surface area contributed by atoms with E-state index in [1.807, 2.05) is 13.0 Å². The standard InChI is InChI=1S/C20H23Cl2FN2O4S/c1-4-19(25(30(3,27)28)14-6-8-18(23)17(22)11-14)20(26)24-9-10-29-15-7-5-13(2)16(21)12-15/h5-8,11-12,19H,4,9-10H2,1-3H3,(H,24,26). The summed E-state index contributed by atoms with van der Waals surface area (Å²) in [4.78, 5) is 12.7. The number of hydrogen-bond donors (Lipinski definition) is 1. The van der Waals surface area contributed by atoms with Crippen LogP contribution in [0.2, 0.25) is 10.0 Å². The van der Waals surface area contributed by atoms with E-state index in [-0.39, 0.29) is 30.3 Å². The van der Waals surface area contributed by atoms with Crippen molar-refractivity contribution in [2.45, 2.75) is 26.3 Å². The number of sulfonamides is 1. The van der Waals surface area contributed by atoms with E-state index >= 15 is 0 Å². The van der Waals surface area contributed by atoms with Gasteiger partial charge in [-0.3, -0.25) is 9.10 Å². The predicted octanol–water partition coefficient (Wildman–Crippen LogP) is 4.18. The molecule has 0 heterocycles. The highest BCUT2D eigenvalue weighted by molar-refractivity contribution is 7.92. The van der Waals surface area contributed by atoms with Crippen LogP contribution in [0.15, 0.2) is 36.4 Å². The molecule has 1 atom stereocenters. The van der Waals surface area contributed by atoms with Gasteiger partial charge in [-0.05, 0) is 49.2 Å². The number of hydrogen-bond acceptors (Lipinski definition) is 4. The molecule has 1 N–H and O–H groups in total. The number of carbonyl (C=O) groups is 1. The maximum Gasteiger partial charge on any atom is 0.244 e. The molecular weight excluding hydrogens is 454 g/mol. The summed E-state index contributed by atoms with van der Waals surface area (Å²) in [5.74, 6) is -0.626. The molecule has 2 rings (SSSR count). The zero-order valence-electron chi connectivity index (χ0n) is 16.8. The molecule has 30 heavy (non-hydrogen) atoms. The van der Waals surface area contributed by atoms with Gasteiger partial charge in [-0.2, -0.15) is 0 Å². The Morgan fingerprint density at radius 1 is 1.20 bits per heavy atom. The zero-order valence-corrected chi connectivity index (χ0v) is 19.1. The van der Waals surface area contributed by atoms with Crippen molar-refractivity contribution < 1.29 is 22.3 Å². The number of nitrogens with one attached hydrogen (secondary N) is 1. The second-order valence-corrected chi connectivity index (χ2v) is 9.31. The average molecular weight is 477 g/mol. The van der Waals surface area contributed by atoms with Crippen LogP contribution in [0.25, 0.3) is 0 Å². The van der Waals surface area contributed by atoms with Crippen LogP contribution in [0.4, 0.5) is 10.1 Å². The van der Waals surface area contributed by atoms with Crippen LogP contribution in [-0.2, 0) is 14.8 Å². The number of ether oxygens (including phenoxy) is 1. The van der Waals surface area contributed by atoms with Crippen molar-refractivity contribution in [1.82, 2.24) is 5.32 Å². The third-order valence-corrected chi connectivity index (χ3v) is 6.18. The number of aryl methyl sites for hydroxylation is 1. The van der Waals surface area contributed by atoms with Gasteiger partial charge in [0.1, 0.15) is 24.2 Å². The lowest BCUT2D eigenvalue weighted by atomic mass is 10.2. The van der Waals surface area contributed by atoms with Crippen molar-refractivity contribution >= 4 is 44.8 Å². The average Bonchev–Trinajstić information content (AvgIpc) is 2.67. The second-order valence-electron chi connectivity index (χ2n) is 6.63. The highest BCUT2D eigenvalue weighted by Crippen LogP contribution is 2.27. The van der Waals surface area contributed by atoms with Crippen molar-refractivity contribution in [3.05, 3.63) is 57.8 Å². The van der Waals surface area contributed by atoms with E-state index in [0.717, 1.165) is 22.2 Å². The SMILES string of the molecule is CCC(C(=O)NCCOc1ccc(C)c(Cl)c1)N(c1ccc(F)c(Cl)c1)S(C)(=O)=O. The summed E-state index contributed by atoms with van der Waals surface area (Å²) < 4.78 is 44.7. The first-order valence-electron chi connectivity index (χ1n) is 9.15. The van der Waals surface area contributed by atoms with Gasteiger partial charge in [-0.25, -0.2) is 12.8 Å². The van der Waals surface area contributed by atoms with Gasteiger partial charge in [0.05, 0.1) is 23.5 Å². The molecule has 10 heteroatoms. The van der Waals surface area contributed by atoms with Crippen LogP contribution < -0.4 is 14.4 Å². The van der Waals surface area contributed by atoms with Gasteiger partial charge in [0, 0.05) is 5.02 Å². The van der Waals surface area contributed by atoms with E-state index in [2.05, 4.69) is 5.32 Å². The van der Waals surface area contributed by atoms with Crippen LogP contribution in [-0.4, -0.2) is 39.8 Å². The first-order valence-corrected chi connectivity index (χ1v) is 11.8. The Labute approximate surface area is 186 Å². The van der Waals surface area contributed by atoms with Gasteiger partial charge in [0.2, 0.25) is 15.9 Å². The Bertz CT molecular complexity index is 1020. The molecule has 6 nitrogen and oxygen atoms in total. The molecule has 0 saturated heterocycles. The Hall–Kier alpha value is -2.03. The minimum absolute atomic E-state index is 0.108. The molecule has 0 radical (unpaired) electrons. The Morgan fingerprint density at radius 3 is 2.47 bits per heavy atom. The lowest BCUT2D eigenvalue weighted by molar-refractivity contribution is -0.122. The number of benzene rings is 2. The molecule has 0 fully saturated rings. The summed E-state index contributed by atoms with van der Waals surface area (Å²) in [6.07, 6.45) is 1.17. The summed E-state index contributed by atoms with van der Waals surface area (Å²) in [6.45, 7) is 3.88. The van der Waals surface area contributed by atoms with E-state index in [1.165, 1.54) is 12.1 Å². The summed E-state index contributed by atoms with van der Waals surface area (Å²) in [7, 11) is -3.84. The quantitative estimate of drug-likeness (QED) is 0.550.